The molecule has 0 saturated carbocycles. The Morgan fingerprint density at radius 3 is 2.67 bits per heavy atom. The predicted octanol–water partition coefficient (Wildman–Crippen LogP) is 3.17. The van der Waals surface area contributed by atoms with Crippen LogP contribution in [-0.4, -0.2) is 55.7 Å². The first-order valence-corrected chi connectivity index (χ1v) is 12.7. The summed E-state index contributed by atoms with van der Waals surface area (Å²) in [6, 6.07) is 10.4. The molecule has 1 aliphatic heterocycles. The highest BCUT2D eigenvalue weighted by molar-refractivity contribution is 7.80. The normalized spacial score (nSPS) is 15.6. The zero-order valence-corrected chi connectivity index (χ0v) is 21.6. The maximum Gasteiger partial charge on any atom is 0.284 e. The van der Waals surface area contributed by atoms with E-state index in [-0.39, 0.29) is 17.0 Å². The van der Waals surface area contributed by atoms with E-state index >= 15 is 0 Å². The summed E-state index contributed by atoms with van der Waals surface area (Å²) >= 11 is 12.3. The number of aromatic amines is 1. The molecule has 1 fully saturated rings. The Kier molecular flexibility index (Phi) is 5.35. The SMILES string of the molecule is Nc1ncc(-c2[nH]nc3ncnc(N4CCC(=S)[C@H]4c4nn5ccc(Cl)c5c(=O)n4-c4ccccc4)c23)cn1. The number of aromatic nitrogens is 9. The van der Waals surface area contributed by atoms with Crippen LogP contribution in [0.25, 0.3) is 33.5 Å². The lowest BCUT2D eigenvalue weighted by atomic mass is 10.1. The van der Waals surface area contributed by atoms with E-state index in [0.29, 0.717) is 57.6 Å². The predicted molar refractivity (Wildman–Crippen MR) is 150 cm³/mol. The number of hydrogen-bond acceptors (Lipinski definition) is 10. The Morgan fingerprint density at radius 1 is 1.08 bits per heavy atom. The van der Waals surface area contributed by atoms with Crippen molar-refractivity contribution < 1.29 is 0 Å². The van der Waals surface area contributed by atoms with E-state index in [1.54, 1.807) is 29.2 Å². The molecule has 0 unspecified atom stereocenters. The van der Waals surface area contributed by atoms with E-state index in [2.05, 4.69) is 30.1 Å². The number of fused-ring (bicyclic) bond motifs is 2. The van der Waals surface area contributed by atoms with Gasteiger partial charge in [-0.15, -0.1) is 0 Å². The molecule has 0 aliphatic carbocycles. The molecule has 5 aromatic heterocycles. The van der Waals surface area contributed by atoms with Gasteiger partial charge in [0.15, 0.2) is 11.5 Å². The number of hydrogen-bond donors (Lipinski definition) is 2. The average Bonchev–Trinajstić information content (AvgIpc) is 3.66. The van der Waals surface area contributed by atoms with E-state index in [0.717, 1.165) is 4.86 Å². The van der Waals surface area contributed by atoms with Crippen LogP contribution in [0.5, 0.6) is 0 Å². The van der Waals surface area contributed by atoms with Gasteiger partial charge in [0.1, 0.15) is 23.7 Å². The molecule has 0 amide bonds. The summed E-state index contributed by atoms with van der Waals surface area (Å²) < 4.78 is 3.07. The Morgan fingerprint density at radius 2 is 1.87 bits per heavy atom. The first-order valence-electron chi connectivity index (χ1n) is 11.9. The first kappa shape index (κ1) is 23.4. The zero-order valence-electron chi connectivity index (χ0n) is 20.1. The molecule has 3 N–H and O–H groups in total. The van der Waals surface area contributed by atoms with Crippen molar-refractivity contribution in [3.8, 4) is 16.9 Å². The largest absolute Gasteiger partial charge is 0.368 e. The number of H-pyrrole nitrogens is 1. The molecule has 39 heavy (non-hydrogen) atoms. The highest BCUT2D eigenvalue weighted by Gasteiger charge is 2.38. The van der Waals surface area contributed by atoms with Crippen molar-refractivity contribution in [1.29, 1.82) is 0 Å². The molecule has 7 rings (SSSR count). The Hall–Kier alpha value is -4.75. The van der Waals surface area contributed by atoms with E-state index in [4.69, 9.17) is 34.7 Å². The molecule has 6 aromatic rings. The Balaban J connectivity index is 1.47. The van der Waals surface area contributed by atoms with Gasteiger partial charge in [0.25, 0.3) is 5.56 Å². The minimum absolute atomic E-state index is 0.162. The van der Waals surface area contributed by atoms with Crippen molar-refractivity contribution in [2.24, 2.45) is 0 Å². The second-order valence-corrected chi connectivity index (χ2v) is 9.86. The summed E-state index contributed by atoms with van der Waals surface area (Å²) in [5, 5.41) is 13.3. The minimum atomic E-state index is -0.554. The van der Waals surface area contributed by atoms with E-state index < -0.39 is 6.04 Å². The molecule has 1 atom stereocenters. The molecule has 0 spiro atoms. The van der Waals surface area contributed by atoms with Crippen LogP contribution < -0.4 is 16.2 Å². The van der Waals surface area contributed by atoms with Crippen molar-refractivity contribution in [2.45, 2.75) is 12.5 Å². The molecule has 6 heterocycles. The molecule has 0 radical (unpaired) electrons. The Labute approximate surface area is 230 Å². The van der Waals surface area contributed by atoms with Crippen LogP contribution in [0.15, 0.2) is 66.1 Å². The van der Waals surface area contributed by atoms with Crippen LogP contribution in [0.3, 0.4) is 0 Å². The van der Waals surface area contributed by atoms with Crippen molar-refractivity contribution in [3.05, 3.63) is 82.5 Å². The van der Waals surface area contributed by atoms with Gasteiger partial charge >= 0.3 is 0 Å². The fraction of sp³-hybridized carbons (Fsp3) is 0.120. The number of rotatable bonds is 4. The highest BCUT2D eigenvalue weighted by Crippen LogP contribution is 2.39. The van der Waals surface area contributed by atoms with Gasteiger partial charge in [-0.2, -0.15) is 10.2 Å². The lowest BCUT2D eigenvalue weighted by molar-refractivity contribution is 0.678. The lowest BCUT2D eigenvalue weighted by Crippen LogP contribution is -2.35. The van der Waals surface area contributed by atoms with Gasteiger partial charge < -0.3 is 10.6 Å². The lowest BCUT2D eigenvalue weighted by Gasteiger charge is -2.27. The van der Waals surface area contributed by atoms with Gasteiger partial charge in [0.2, 0.25) is 5.95 Å². The van der Waals surface area contributed by atoms with Crippen LogP contribution in [0, 0.1) is 0 Å². The van der Waals surface area contributed by atoms with Gasteiger partial charge in [-0.1, -0.05) is 42.0 Å². The minimum Gasteiger partial charge on any atom is -0.368 e. The van der Waals surface area contributed by atoms with Crippen LogP contribution >= 0.6 is 23.8 Å². The number of anilines is 2. The highest BCUT2D eigenvalue weighted by atomic mass is 35.5. The standard InChI is InChI=1S/C25H18ClN11OS/c26-15-6-9-36-19(15)24(38)37(14-4-2-1-3-5-14)23(34-36)20-16(39)7-8-35(20)22-17-18(13-10-28-25(27)29-11-13)32-33-21(17)30-12-31-22/h1-6,9-12,20H,7-8H2,(H2,27,28,29)(H,30,31,32,33)/t20-/m0/s1. The summed E-state index contributed by atoms with van der Waals surface area (Å²) in [5.41, 5.74) is 8.10. The quantitative estimate of drug-likeness (QED) is 0.310. The summed E-state index contributed by atoms with van der Waals surface area (Å²) in [5.74, 6) is 1.19. The van der Waals surface area contributed by atoms with Crippen molar-refractivity contribution in [1.82, 2.24) is 44.3 Å². The van der Waals surface area contributed by atoms with E-state index in [1.165, 1.54) is 10.8 Å². The third-order valence-corrected chi connectivity index (χ3v) is 7.43. The molecule has 1 aliphatic rings. The van der Waals surface area contributed by atoms with Gasteiger partial charge in [-0.25, -0.2) is 24.5 Å². The van der Waals surface area contributed by atoms with E-state index in [1.807, 2.05) is 35.2 Å². The van der Waals surface area contributed by atoms with Gasteiger partial charge in [0.05, 0.1) is 21.8 Å². The van der Waals surface area contributed by atoms with Crippen LogP contribution in [-0.2, 0) is 0 Å². The smallest absolute Gasteiger partial charge is 0.284 e. The van der Waals surface area contributed by atoms with Crippen LogP contribution in [0.1, 0.15) is 18.3 Å². The number of nitrogen functional groups attached to an aromatic ring is 1. The number of halogens is 1. The fourth-order valence-electron chi connectivity index (χ4n) is 4.97. The molecule has 12 nitrogen and oxygen atoms in total. The molecule has 14 heteroatoms. The third kappa shape index (κ3) is 3.66. The maximum absolute atomic E-state index is 13.9. The molecular weight excluding hydrogens is 538 g/mol. The number of para-hydroxylation sites is 1. The second-order valence-electron chi connectivity index (χ2n) is 8.93. The molecule has 0 bridgehead atoms. The van der Waals surface area contributed by atoms with Gasteiger partial charge in [0, 0.05) is 35.6 Å². The summed E-state index contributed by atoms with van der Waals surface area (Å²) in [6.45, 7) is 0.549. The fourth-order valence-corrected chi connectivity index (χ4v) is 5.51. The molecule has 1 saturated heterocycles. The number of thiocarbonyl (C=S) groups is 1. The molecule has 192 valence electrons. The summed E-state index contributed by atoms with van der Waals surface area (Å²) in [6.07, 6.45) is 6.93. The number of nitrogens with two attached hydrogens (primary N) is 1. The van der Waals surface area contributed by atoms with E-state index in [9.17, 15) is 4.79 Å². The first-order chi connectivity index (χ1) is 19.0. The van der Waals surface area contributed by atoms with Crippen molar-refractivity contribution in [2.75, 3.05) is 17.2 Å². The summed E-state index contributed by atoms with van der Waals surface area (Å²) in [4.78, 5) is 33.8. The Bertz CT molecular complexity index is 1950. The number of nitrogens with zero attached hydrogens (tertiary/aromatic N) is 9. The molecular formula is C25H18ClN11OS. The zero-order chi connectivity index (χ0) is 26.7. The van der Waals surface area contributed by atoms with Gasteiger partial charge in [-0.3, -0.25) is 14.5 Å². The second kappa shape index (κ2) is 8.92. The van der Waals surface area contributed by atoms with Crippen molar-refractivity contribution >= 4 is 57.0 Å². The number of benzene rings is 1. The summed E-state index contributed by atoms with van der Waals surface area (Å²) in [7, 11) is 0. The van der Waals surface area contributed by atoms with Crippen LogP contribution in [0.4, 0.5) is 11.8 Å². The van der Waals surface area contributed by atoms with Gasteiger partial charge in [-0.05, 0) is 24.6 Å². The van der Waals surface area contributed by atoms with Crippen LogP contribution in [0.2, 0.25) is 5.02 Å². The maximum atomic E-state index is 13.9. The number of nitrogens with one attached hydrogen (secondary N) is 1. The third-order valence-electron chi connectivity index (χ3n) is 6.70. The average molecular weight is 556 g/mol. The monoisotopic (exact) mass is 555 g/mol. The molecule has 1 aromatic carbocycles. The van der Waals surface area contributed by atoms with Crippen molar-refractivity contribution in [3.63, 3.8) is 0 Å². The topological polar surface area (TPSA) is 149 Å².